The van der Waals surface area contributed by atoms with Crippen molar-refractivity contribution >= 4 is 35.5 Å². The number of rotatable bonds is 7. The lowest BCUT2D eigenvalue weighted by Crippen LogP contribution is -2.68. The van der Waals surface area contributed by atoms with E-state index in [1.165, 1.54) is 13.8 Å². The molecule has 12 atom stereocenters. The van der Waals surface area contributed by atoms with Crippen molar-refractivity contribution < 1.29 is 48.0 Å². The van der Waals surface area contributed by atoms with Crippen molar-refractivity contribution in [2.75, 3.05) is 0 Å². The molecule has 3 fully saturated rings. The summed E-state index contributed by atoms with van der Waals surface area (Å²) in [5, 5.41) is 11.4. The Balaban J connectivity index is 1.95. The molecule has 1 N–H and O–H groups in total. The zero-order chi connectivity index (χ0) is 30.4. The average molecular weight is 597 g/mol. The number of halogens is 1. The first-order chi connectivity index (χ1) is 19.2. The van der Waals surface area contributed by atoms with Crippen LogP contribution in [0.4, 0.5) is 0 Å². The van der Waals surface area contributed by atoms with Gasteiger partial charge in [-0.15, -0.1) is 11.6 Å². The van der Waals surface area contributed by atoms with Crippen LogP contribution >= 0.6 is 11.6 Å². The largest absolute Gasteiger partial charge is 0.459 e. The molecule has 0 aromatic rings. The standard InChI is InChI=1S/C30H41ClO10/c1-8-10-19(33)38-18-13-12-14(3)22(31)26-30(36,16(5)28(35)41-26)25(37-17(6)32)21-15(4)23(39-20(34)11-9-2)24-27(40-24)29(18,21)7/h12-13,15-16,18,21-27,36H,3,8-11H2,1-2,4-7H3/b13-12-/t15-,16+,18+,21-,22+,23+,24+,25+,26+,27+,29-,30-/m1/s1. The predicted molar refractivity (Wildman–Crippen MR) is 146 cm³/mol. The van der Waals surface area contributed by atoms with Gasteiger partial charge in [0.2, 0.25) is 0 Å². The summed E-state index contributed by atoms with van der Waals surface area (Å²) in [6.07, 6.45) is -0.690. The number of fused-ring (bicyclic) bond motifs is 4. The van der Waals surface area contributed by atoms with Crippen LogP contribution in [0, 0.1) is 23.2 Å². The highest BCUT2D eigenvalue weighted by molar-refractivity contribution is 6.23. The number of ether oxygens (including phenoxy) is 5. The molecule has 2 aliphatic heterocycles. The maximum atomic E-state index is 13.0. The molecule has 0 spiro atoms. The van der Waals surface area contributed by atoms with Crippen molar-refractivity contribution in [1.29, 1.82) is 0 Å². The summed E-state index contributed by atoms with van der Waals surface area (Å²) in [4.78, 5) is 51.2. The summed E-state index contributed by atoms with van der Waals surface area (Å²) in [5.41, 5.74) is -2.91. The molecular weight excluding hydrogens is 556 g/mol. The molecular formula is C30H41ClO10. The van der Waals surface area contributed by atoms with Crippen molar-refractivity contribution in [3.8, 4) is 0 Å². The van der Waals surface area contributed by atoms with E-state index in [0.717, 1.165) is 0 Å². The first-order valence-corrected chi connectivity index (χ1v) is 14.8. The van der Waals surface area contributed by atoms with Crippen LogP contribution in [0.15, 0.2) is 24.3 Å². The quantitative estimate of drug-likeness (QED) is 0.201. The minimum absolute atomic E-state index is 0.171. The molecule has 0 aromatic carbocycles. The van der Waals surface area contributed by atoms with Crippen LogP contribution in [0.25, 0.3) is 0 Å². The van der Waals surface area contributed by atoms with E-state index >= 15 is 0 Å². The molecule has 228 valence electrons. The number of allylic oxidation sites excluding steroid dienone is 1. The Morgan fingerprint density at radius 3 is 2.27 bits per heavy atom. The van der Waals surface area contributed by atoms with Gasteiger partial charge in [0.05, 0.1) is 17.4 Å². The number of epoxide rings is 1. The second kappa shape index (κ2) is 11.7. The SMILES string of the molecule is C=C1/C=C\[C@H](OC(=O)CCC)[C@]2(C)[C@H]([C@@H](C)[C@H](OC(=O)CCC)[C@@H]3O[C@@H]32)[C@H](OC(C)=O)[C@]2(O)[C@@H](C)C(=O)O[C@H]2[C@H]1Cl. The van der Waals surface area contributed by atoms with Crippen LogP contribution in [0.3, 0.4) is 0 Å². The Kier molecular flexibility index (Phi) is 8.98. The fourth-order valence-corrected chi connectivity index (χ4v) is 7.37. The highest BCUT2D eigenvalue weighted by atomic mass is 35.5. The number of hydrogen-bond acceptors (Lipinski definition) is 10. The Bertz CT molecular complexity index is 1120. The summed E-state index contributed by atoms with van der Waals surface area (Å²) < 4.78 is 29.7. The maximum absolute atomic E-state index is 13.0. The lowest BCUT2D eigenvalue weighted by Gasteiger charge is -2.54. The number of hydrogen-bond donors (Lipinski definition) is 1. The molecule has 41 heavy (non-hydrogen) atoms. The Hall–Kier alpha value is -2.43. The van der Waals surface area contributed by atoms with Crippen molar-refractivity contribution in [3.05, 3.63) is 24.3 Å². The third-order valence-corrected chi connectivity index (χ3v) is 9.75. The van der Waals surface area contributed by atoms with E-state index in [0.29, 0.717) is 18.4 Å². The molecule has 11 heteroatoms. The van der Waals surface area contributed by atoms with Crippen molar-refractivity contribution in [2.45, 2.75) is 115 Å². The van der Waals surface area contributed by atoms with Gasteiger partial charge in [0, 0.05) is 37.0 Å². The summed E-state index contributed by atoms with van der Waals surface area (Å²) in [6, 6.07) is 0. The highest BCUT2D eigenvalue weighted by Gasteiger charge is 2.75. The average Bonchev–Trinajstić information content (AvgIpc) is 3.67. The van der Waals surface area contributed by atoms with E-state index in [9.17, 15) is 24.3 Å². The molecule has 10 nitrogen and oxygen atoms in total. The van der Waals surface area contributed by atoms with Crippen molar-refractivity contribution in [1.82, 2.24) is 0 Å². The van der Waals surface area contributed by atoms with Gasteiger partial charge in [-0.25, -0.2) is 0 Å². The molecule has 4 aliphatic rings. The van der Waals surface area contributed by atoms with Crippen LogP contribution < -0.4 is 0 Å². The Labute approximate surface area is 245 Å². The van der Waals surface area contributed by atoms with Crippen LogP contribution in [0.1, 0.15) is 67.2 Å². The maximum Gasteiger partial charge on any atom is 0.312 e. The number of alkyl halides is 1. The normalized spacial score (nSPS) is 43.9. The highest BCUT2D eigenvalue weighted by Crippen LogP contribution is 2.62. The summed E-state index contributed by atoms with van der Waals surface area (Å²) in [7, 11) is 0. The molecule has 0 aromatic heterocycles. The van der Waals surface area contributed by atoms with E-state index in [2.05, 4.69) is 6.58 Å². The Morgan fingerprint density at radius 2 is 1.68 bits per heavy atom. The van der Waals surface area contributed by atoms with Crippen molar-refractivity contribution in [3.63, 3.8) is 0 Å². The lowest BCUT2D eigenvalue weighted by molar-refractivity contribution is -0.222. The molecule has 0 bridgehead atoms. The minimum Gasteiger partial charge on any atom is -0.459 e. The van der Waals surface area contributed by atoms with Crippen LogP contribution in [0.2, 0.25) is 0 Å². The van der Waals surface area contributed by atoms with Gasteiger partial charge in [0.25, 0.3) is 0 Å². The van der Waals surface area contributed by atoms with E-state index < -0.39 is 94.6 Å². The fraction of sp³-hybridized carbons (Fsp3) is 0.733. The first-order valence-electron chi connectivity index (χ1n) is 14.4. The predicted octanol–water partition coefficient (Wildman–Crippen LogP) is 3.41. The van der Waals surface area contributed by atoms with Crippen LogP contribution in [0.5, 0.6) is 0 Å². The molecule has 1 saturated carbocycles. The first kappa shape index (κ1) is 31.5. The van der Waals surface area contributed by atoms with Gasteiger partial charge >= 0.3 is 23.9 Å². The van der Waals surface area contributed by atoms with Crippen molar-refractivity contribution in [2.24, 2.45) is 23.2 Å². The molecule has 4 rings (SSSR count). The smallest absolute Gasteiger partial charge is 0.312 e. The zero-order valence-corrected chi connectivity index (χ0v) is 25.2. The van der Waals surface area contributed by atoms with Gasteiger partial charge in [0.15, 0.2) is 11.7 Å². The second-order valence-electron chi connectivity index (χ2n) is 12.0. The second-order valence-corrected chi connectivity index (χ2v) is 12.4. The molecule has 2 heterocycles. The fourth-order valence-electron chi connectivity index (χ4n) is 7.05. The van der Waals surface area contributed by atoms with Gasteiger partial charge in [-0.3, -0.25) is 19.2 Å². The Morgan fingerprint density at radius 1 is 1.07 bits per heavy atom. The number of carbonyl (C=O) groups excluding carboxylic acids is 4. The van der Waals surface area contributed by atoms with Gasteiger partial charge in [-0.05, 0) is 31.4 Å². The zero-order valence-electron chi connectivity index (χ0n) is 24.5. The summed E-state index contributed by atoms with van der Waals surface area (Å²) in [6.45, 7) is 14.1. The van der Waals surface area contributed by atoms with Gasteiger partial charge in [-0.1, -0.05) is 40.3 Å². The van der Waals surface area contributed by atoms with Gasteiger partial charge in [0.1, 0.15) is 24.4 Å². The molecule has 0 unspecified atom stereocenters. The monoisotopic (exact) mass is 596 g/mol. The van der Waals surface area contributed by atoms with E-state index in [4.69, 9.17) is 35.3 Å². The van der Waals surface area contributed by atoms with Crippen LogP contribution in [-0.2, 0) is 42.9 Å². The summed E-state index contributed by atoms with van der Waals surface area (Å²) >= 11 is 6.78. The third-order valence-electron chi connectivity index (χ3n) is 9.24. The molecule has 2 saturated heterocycles. The summed E-state index contributed by atoms with van der Waals surface area (Å²) in [5.74, 6) is -4.85. The van der Waals surface area contributed by atoms with E-state index in [-0.39, 0.29) is 12.8 Å². The van der Waals surface area contributed by atoms with Gasteiger partial charge in [-0.2, -0.15) is 0 Å². The minimum atomic E-state index is -2.11. The van der Waals surface area contributed by atoms with Gasteiger partial charge < -0.3 is 28.8 Å². The topological polar surface area (TPSA) is 138 Å². The number of esters is 4. The molecule has 2 aliphatic carbocycles. The molecule has 0 radical (unpaired) electrons. The molecule has 0 amide bonds. The third kappa shape index (κ3) is 5.31. The van der Waals surface area contributed by atoms with E-state index in [1.807, 2.05) is 27.7 Å². The lowest BCUT2D eigenvalue weighted by atomic mass is 9.54. The number of carbonyl (C=O) groups is 4. The van der Waals surface area contributed by atoms with E-state index in [1.54, 1.807) is 12.2 Å². The number of aliphatic hydroxyl groups is 1. The van der Waals surface area contributed by atoms with Crippen LogP contribution in [-0.4, -0.2) is 76.6 Å².